The van der Waals surface area contributed by atoms with Crippen molar-refractivity contribution >= 4 is 5.91 Å². The minimum absolute atomic E-state index is 0.0337. The van der Waals surface area contributed by atoms with E-state index in [1.165, 1.54) is 0 Å². The van der Waals surface area contributed by atoms with Crippen molar-refractivity contribution in [2.24, 2.45) is 0 Å². The van der Waals surface area contributed by atoms with Crippen LogP contribution in [-0.4, -0.2) is 30.1 Å². The highest BCUT2D eigenvalue weighted by molar-refractivity contribution is 5.80. The summed E-state index contributed by atoms with van der Waals surface area (Å²) < 4.78 is 5.09. The molecule has 0 saturated heterocycles. The maximum atomic E-state index is 12.1. The molecular formula is C14H21NO2. The van der Waals surface area contributed by atoms with E-state index in [0.29, 0.717) is 6.54 Å². The standard InChI is InChI=1S/C14H21NO2/c1-11(2)15(14(16)12(3)17-4)10-13-8-6-5-7-9-13/h5-9,11-12H,10H2,1-4H3. The van der Waals surface area contributed by atoms with Gasteiger partial charge in [0.2, 0.25) is 0 Å². The molecule has 0 fully saturated rings. The molecule has 1 aromatic carbocycles. The van der Waals surface area contributed by atoms with E-state index in [2.05, 4.69) is 0 Å². The zero-order valence-electron chi connectivity index (χ0n) is 11.0. The molecule has 0 aromatic heterocycles. The van der Waals surface area contributed by atoms with E-state index in [4.69, 9.17) is 4.74 Å². The fourth-order valence-corrected chi connectivity index (χ4v) is 1.63. The van der Waals surface area contributed by atoms with Gasteiger partial charge in [0, 0.05) is 19.7 Å². The van der Waals surface area contributed by atoms with Crippen LogP contribution in [0.1, 0.15) is 26.3 Å². The molecule has 1 amide bonds. The number of carbonyl (C=O) groups is 1. The zero-order chi connectivity index (χ0) is 12.8. The number of benzene rings is 1. The Balaban J connectivity index is 2.77. The van der Waals surface area contributed by atoms with Crippen LogP contribution >= 0.6 is 0 Å². The van der Waals surface area contributed by atoms with Crippen LogP contribution in [0.3, 0.4) is 0 Å². The Bertz CT molecular complexity index is 348. The van der Waals surface area contributed by atoms with E-state index in [0.717, 1.165) is 5.56 Å². The van der Waals surface area contributed by atoms with Gasteiger partial charge in [0.1, 0.15) is 6.10 Å². The number of methoxy groups -OCH3 is 1. The Kier molecular flexibility index (Phi) is 5.16. The van der Waals surface area contributed by atoms with Crippen LogP contribution in [-0.2, 0) is 16.1 Å². The number of rotatable bonds is 5. The molecule has 94 valence electrons. The average Bonchev–Trinajstić information content (AvgIpc) is 2.35. The van der Waals surface area contributed by atoms with Crippen molar-refractivity contribution < 1.29 is 9.53 Å². The van der Waals surface area contributed by atoms with Crippen molar-refractivity contribution in [1.82, 2.24) is 4.90 Å². The van der Waals surface area contributed by atoms with Gasteiger partial charge in [-0.1, -0.05) is 30.3 Å². The third-order valence-corrected chi connectivity index (χ3v) is 2.80. The second-order valence-electron chi connectivity index (χ2n) is 4.42. The molecule has 0 radical (unpaired) electrons. The molecule has 0 aliphatic rings. The molecule has 17 heavy (non-hydrogen) atoms. The predicted octanol–water partition coefficient (Wildman–Crippen LogP) is 2.46. The lowest BCUT2D eigenvalue weighted by Gasteiger charge is -2.29. The first-order valence-corrected chi connectivity index (χ1v) is 5.93. The Morgan fingerprint density at radius 1 is 1.24 bits per heavy atom. The first-order valence-electron chi connectivity index (χ1n) is 5.93. The quantitative estimate of drug-likeness (QED) is 0.784. The Labute approximate surface area is 103 Å². The van der Waals surface area contributed by atoms with Crippen LogP contribution in [0.4, 0.5) is 0 Å². The monoisotopic (exact) mass is 235 g/mol. The van der Waals surface area contributed by atoms with Gasteiger partial charge in [-0.3, -0.25) is 4.79 Å². The van der Waals surface area contributed by atoms with Gasteiger partial charge >= 0.3 is 0 Å². The summed E-state index contributed by atoms with van der Waals surface area (Å²) >= 11 is 0. The van der Waals surface area contributed by atoms with Crippen LogP contribution in [0.25, 0.3) is 0 Å². The number of hydrogen-bond donors (Lipinski definition) is 0. The molecule has 3 nitrogen and oxygen atoms in total. The van der Waals surface area contributed by atoms with Crippen molar-refractivity contribution in [3.63, 3.8) is 0 Å². The third-order valence-electron chi connectivity index (χ3n) is 2.80. The molecular weight excluding hydrogens is 214 g/mol. The first-order chi connectivity index (χ1) is 8.06. The van der Waals surface area contributed by atoms with Gasteiger partial charge in [-0.05, 0) is 26.3 Å². The average molecular weight is 235 g/mol. The lowest BCUT2D eigenvalue weighted by atomic mass is 10.1. The molecule has 0 saturated carbocycles. The van der Waals surface area contributed by atoms with Gasteiger partial charge in [-0.15, -0.1) is 0 Å². The van der Waals surface area contributed by atoms with Gasteiger partial charge in [0.15, 0.2) is 0 Å². The molecule has 1 aromatic rings. The Morgan fingerprint density at radius 3 is 2.29 bits per heavy atom. The minimum atomic E-state index is -0.388. The smallest absolute Gasteiger partial charge is 0.251 e. The Hall–Kier alpha value is -1.35. The second kappa shape index (κ2) is 6.40. The molecule has 0 N–H and O–H groups in total. The highest BCUT2D eigenvalue weighted by Crippen LogP contribution is 2.10. The lowest BCUT2D eigenvalue weighted by molar-refractivity contribution is -0.143. The van der Waals surface area contributed by atoms with E-state index >= 15 is 0 Å². The maximum absolute atomic E-state index is 12.1. The molecule has 3 heteroatoms. The summed E-state index contributed by atoms with van der Waals surface area (Å²) in [4.78, 5) is 14.0. The van der Waals surface area contributed by atoms with Crippen LogP contribution < -0.4 is 0 Å². The van der Waals surface area contributed by atoms with Gasteiger partial charge in [-0.25, -0.2) is 0 Å². The largest absolute Gasteiger partial charge is 0.372 e. The molecule has 0 aliphatic heterocycles. The summed E-state index contributed by atoms with van der Waals surface area (Å²) in [6.07, 6.45) is -0.388. The summed E-state index contributed by atoms with van der Waals surface area (Å²) in [7, 11) is 1.56. The molecule has 0 heterocycles. The summed E-state index contributed by atoms with van der Waals surface area (Å²) in [6.45, 7) is 6.44. The first kappa shape index (κ1) is 13.7. The van der Waals surface area contributed by atoms with E-state index in [9.17, 15) is 4.79 Å². The Morgan fingerprint density at radius 2 is 1.82 bits per heavy atom. The molecule has 0 bridgehead atoms. The SMILES string of the molecule is COC(C)C(=O)N(Cc1ccccc1)C(C)C. The summed E-state index contributed by atoms with van der Waals surface area (Å²) in [6, 6.07) is 10.2. The molecule has 1 unspecified atom stereocenters. The van der Waals surface area contributed by atoms with Gasteiger partial charge in [0.05, 0.1) is 0 Å². The zero-order valence-corrected chi connectivity index (χ0v) is 11.0. The van der Waals surface area contributed by atoms with Crippen LogP contribution in [0.5, 0.6) is 0 Å². The number of carbonyl (C=O) groups excluding carboxylic acids is 1. The van der Waals surface area contributed by atoms with E-state index in [-0.39, 0.29) is 18.1 Å². The van der Waals surface area contributed by atoms with Crippen LogP contribution in [0.15, 0.2) is 30.3 Å². The number of amides is 1. The number of ether oxygens (including phenoxy) is 1. The topological polar surface area (TPSA) is 29.5 Å². The number of hydrogen-bond acceptors (Lipinski definition) is 2. The van der Waals surface area contributed by atoms with Crippen LogP contribution in [0.2, 0.25) is 0 Å². The fraction of sp³-hybridized carbons (Fsp3) is 0.500. The van der Waals surface area contributed by atoms with E-state index < -0.39 is 0 Å². The van der Waals surface area contributed by atoms with Crippen molar-refractivity contribution in [3.05, 3.63) is 35.9 Å². The summed E-state index contributed by atoms with van der Waals surface area (Å²) in [5.41, 5.74) is 1.14. The molecule has 0 aliphatic carbocycles. The highest BCUT2D eigenvalue weighted by Gasteiger charge is 2.22. The molecule has 1 atom stereocenters. The summed E-state index contributed by atoms with van der Waals surface area (Å²) in [5.74, 6) is 0.0337. The second-order valence-corrected chi connectivity index (χ2v) is 4.42. The van der Waals surface area contributed by atoms with Crippen LogP contribution in [0, 0.1) is 0 Å². The molecule has 1 rings (SSSR count). The number of nitrogens with zero attached hydrogens (tertiary/aromatic N) is 1. The predicted molar refractivity (Wildman–Crippen MR) is 68.6 cm³/mol. The van der Waals surface area contributed by atoms with E-state index in [1.54, 1.807) is 14.0 Å². The lowest BCUT2D eigenvalue weighted by Crippen LogP contribution is -2.42. The minimum Gasteiger partial charge on any atom is -0.372 e. The van der Waals surface area contributed by atoms with Crippen molar-refractivity contribution in [2.45, 2.75) is 39.5 Å². The van der Waals surface area contributed by atoms with Crippen molar-refractivity contribution in [3.8, 4) is 0 Å². The maximum Gasteiger partial charge on any atom is 0.251 e. The van der Waals surface area contributed by atoms with Gasteiger partial charge < -0.3 is 9.64 Å². The van der Waals surface area contributed by atoms with Crippen molar-refractivity contribution in [1.29, 1.82) is 0 Å². The van der Waals surface area contributed by atoms with Gasteiger partial charge in [0.25, 0.3) is 5.91 Å². The fourth-order valence-electron chi connectivity index (χ4n) is 1.63. The highest BCUT2D eigenvalue weighted by atomic mass is 16.5. The van der Waals surface area contributed by atoms with E-state index in [1.807, 2.05) is 49.1 Å². The normalized spacial score (nSPS) is 12.5. The third kappa shape index (κ3) is 3.86. The molecule has 0 spiro atoms. The van der Waals surface area contributed by atoms with Crippen molar-refractivity contribution in [2.75, 3.05) is 7.11 Å². The van der Waals surface area contributed by atoms with Gasteiger partial charge in [-0.2, -0.15) is 0 Å². The summed E-state index contributed by atoms with van der Waals surface area (Å²) in [5, 5.41) is 0.